The van der Waals surface area contributed by atoms with E-state index >= 15 is 0 Å². The summed E-state index contributed by atoms with van der Waals surface area (Å²) in [7, 11) is 0. The number of anilines is 1. The van der Waals surface area contributed by atoms with Gasteiger partial charge in [0.1, 0.15) is 0 Å². The maximum absolute atomic E-state index is 10.2. The summed E-state index contributed by atoms with van der Waals surface area (Å²) in [6.45, 7) is 6.82. The minimum absolute atomic E-state index is 0.325. The third kappa shape index (κ3) is 3.48. The standard InChI is InChI=1S/C16H25NO2/c1-3-16(18)14-9-5-6-10-15(14)17-11-7-8-13(12-17)19-4-2/h5-6,9-10,13,16,18H,3-4,7-8,11-12H2,1-2H3. The fourth-order valence-electron chi connectivity index (χ4n) is 2.81. The lowest BCUT2D eigenvalue weighted by atomic mass is 10.0. The number of benzene rings is 1. The molecule has 106 valence electrons. The Morgan fingerprint density at radius 3 is 2.89 bits per heavy atom. The molecule has 1 N–H and O–H groups in total. The van der Waals surface area contributed by atoms with E-state index in [9.17, 15) is 5.11 Å². The van der Waals surface area contributed by atoms with Crippen LogP contribution in [0.15, 0.2) is 24.3 Å². The lowest BCUT2D eigenvalue weighted by Gasteiger charge is -2.35. The molecular formula is C16H25NO2. The van der Waals surface area contributed by atoms with E-state index in [0.29, 0.717) is 6.10 Å². The van der Waals surface area contributed by atoms with Gasteiger partial charge in [-0.25, -0.2) is 0 Å². The molecule has 1 heterocycles. The topological polar surface area (TPSA) is 32.7 Å². The van der Waals surface area contributed by atoms with E-state index in [-0.39, 0.29) is 6.10 Å². The molecule has 1 aliphatic heterocycles. The van der Waals surface area contributed by atoms with Crippen LogP contribution in [0.1, 0.15) is 44.8 Å². The second kappa shape index (κ2) is 6.92. The van der Waals surface area contributed by atoms with Crippen LogP contribution in [0, 0.1) is 0 Å². The van der Waals surface area contributed by atoms with Crippen LogP contribution in [-0.2, 0) is 4.74 Å². The van der Waals surface area contributed by atoms with Crippen LogP contribution in [0.5, 0.6) is 0 Å². The number of para-hydroxylation sites is 1. The zero-order valence-corrected chi connectivity index (χ0v) is 12.0. The minimum atomic E-state index is -0.372. The zero-order chi connectivity index (χ0) is 13.7. The van der Waals surface area contributed by atoms with E-state index in [1.54, 1.807) is 0 Å². The highest BCUT2D eigenvalue weighted by atomic mass is 16.5. The van der Waals surface area contributed by atoms with Crippen LogP contribution in [0.25, 0.3) is 0 Å². The Bertz CT molecular complexity index is 392. The predicted molar refractivity (Wildman–Crippen MR) is 78.6 cm³/mol. The Labute approximate surface area is 116 Å². The average molecular weight is 263 g/mol. The molecule has 0 spiro atoms. The summed E-state index contributed by atoms with van der Waals surface area (Å²) in [6.07, 6.45) is 3.00. The monoisotopic (exact) mass is 263 g/mol. The SMILES string of the molecule is CCOC1CCCN(c2ccccc2C(O)CC)C1. The minimum Gasteiger partial charge on any atom is -0.388 e. The summed E-state index contributed by atoms with van der Waals surface area (Å²) < 4.78 is 5.76. The first-order valence-electron chi connectivity index (χ1n) is 7.39. The first kappa shape index (κ1) is 14.4. The Morgan fingerprint density at radius 2 is 2.16 bits per heavy atom. The molecule has 0 amide bonds. The van der Waals surface area contributed by atoms with Gasteiger partial charge < -0.3 is 14.7 Å². The quantitative estimate of drug-likeness (QED) is 0.886. The number of nitrogens with zero attached hydrogens (tertiary/aromatic N) is 1. The molecule has 2 unspecified atom stereocenters. The van der Waals surface area contributed by atoms with Crippen molar-refractivity contribution < 1.29 is 9.84 Å². The van der Waals surface area contributed by atoms with Gasteiger partial charge in [0.25, 0.3) is 0 Å². The van der Waals surface area contributed by atoms with E-state index in [2.05, 4.69) is 11.0 Å². The second-order valence-electron chi connectivity index (χ2n) is 5.15. The van der Waals surface area contributed by atoms with Gasteiger partial charge in [0.2, 0.25) is 0 Å². The van der Waals surface area contributed by atoms with Gasteiger partial charge in [0.15, 0.2) is 0 Å². The molecule has 3 heteroatoms. The first-order chi connectivity index (χ1) is 9.26. The van der Waals surface area contributed by atoms with Crippen molar-refractivity contribution in [3.8, 4) is 0 Å². The normalized spacial score (nSPS) is 21.4. The molecule has 19 heavy (non-hydrogen) atoms. The van der Waals surface area contributed by atoms with Gasteiger partial charge in [-0.3, -0.25) is 0 Å². The van der Waals surface area contributed by atoms with Crippen molar-refractivity contribution in [2.45, 2.75) is 45.3 Å². The van der Waals surface area contributed by atoms with Gasteiger partial charge in [0, 0.05) is 30.9 Å². The van der Waals surface area contributed by atoms with E-state index in [1.165, 1.54) is 5.69 Å². The first-order valence-corrected chi connectivity index (χ1v) is 7.39. The Hall–Kier alpha value is -1.06. The van der Waals surface area contributed by atoms with Crippen molar-refractivity contribution in [1.82, 2.24) is 0 Å². The summed E-state index contributed by atoms with van der Waals surface area (Å²) in [4.78, 5) is 2.36. The van der Waals surface area contributed by atoms with Gasteiger partial charge >= 0.3 is 0 Å². The van der Waals surface area contributed by atoms with E-state index in [1.807, 2.05) is 32.0 Å². The third-order valence-electron chi connectivity index (χ3n) is 3.80. The van der Waals surface area contributed by atoms with Gasteiger partial charge in [-0.05, 0) is 32.3 Å². The van der Waals surface area contributed by atoms with Gasteiger partial charge in [-0.1, -0.05) is 25.1 Å². The molecule has 2 rings (SSSR count). The summed E-state index contributed by atoms with van der Waals surface area (Å²) in [5, 5.41) is 10.2. The zero-order valence-electron chi connectivity index (χ0n) is 12.0. The van der Waals surface area contributed by atoms with Gasteiger partial charge in [-0.2, -0.15) is 0 Å². The number of aliphatic hydroxyl groups is 1. The molecular weight excluding hydrogens is 238 g/mol. The Morgan fingerprint density at radius 1 is 1.37 bits per heavy atom. The van der Waals surface area contributed by atoms with Crippen LogP contribution in [0.2, 0.25) is 0 Å². The van der Waals surface area contributed by atoms with Crippen molar-refractivity contribution in [3.05, 3.63) is 29.8 Å². The molecule has 1 aliphatic rings. The van der Waals surface area contributed by atoms with Crippen molar-refractivity contribution in [2.24, 2.45) is 0 Å². The number of rotatable bonds is 5. The van der Waals surface area contributed by atoms with Crippen molar-refractivity contribution >= 4 is 5.69 Å². The number of hydrogen-bond donors (Lipinski definition) is 1. The fraction of sp³-hybridized carbons (Fsp3) is 0.625. The highest BCUT2D eigenvalue weighted by molar-refractivity contribution is 5.55. The van der Waals surface area contributed by atoms with Crippen LogP contribution < -0.4 is 4.90 Å². The van der Waals surface area contributed by atoms with Gasteiger partial charge in [-0.15, -0.1) is 0 Å². The maximum Gasteiger partial charge on any atom is 0.0807 e. The van der Waals surface area contributed by atoms with Crippen LogP contribution >= 0.6 is 0 Å². The molecule has 1 aromatic rings. The number of hydrogen-bond acceptors (Lipinski definition) is 3. The largest absolute Gasteiger partial charge is 0.388 e. The van der Waals surface area contributed by atoms with Gasteiger partial charge in [0.05, 0.1) is 12.2 Å². The molecule has 1 saturated heterocycles. The second-order valence-corrected chi connectivity index (χ2v) is 5.15. The molecule has 0 aromatic heterocycles. The Kier molecular flexibility index (Phi) is 5.23. The molecule has 0 aliphatic carbocycles. The molecule has 3 nitrogen and oxygen atoms in total. The predicted octanol–water partition coefficient (Wildman–Crippen LogP) is 3.14. The van der Waals surface area contributed by atoms with E-state index in [0.717, 1.165) is 44.5 Å². The molecule has 0 radical (unpaired) electrons. The van der Waals surface area contributed by atoms with E-state index in [4.69, 9.17) is 4.74 Å². The smallest absolute Gasteiger partial charge is 0.0807 e. The highest BCUT2D eigenvalue weighted by Gasteiger charge is 2.23. The lowest BCUT2D eigenvalue weighted by Crippen LogP contribution is -2.40. The number of ether oxygens (including phenoxy) is 1. The number of piperidine rings is 1. The fourth-order valence-corrected chi connectivity index (χ4v) is 2.81. The summed E-state index contributed by atoms with van der Waals surface area (Å²) in [6, 6.07) is 8.20. The number of aliphatic hydroxyl groups excluding tert-OH is 1. The maximum atomic E-state index is 10.2. The summed E-state index contributed by atoms with van der Waals surface area (Å²) >= 11 is 0. The molecule has 1 fully saturated rings. The summed E-state index contributed by atoms with van der Waals surface area (Å²) in [5.74, 6) is 0. The van der Waals surface area contributed by atoms with Crippen molar-refractivity contribution in [1.29, 1.82) is 0 Å². The Balaban J connectivity index is 2.16. The molecule has 0 saturated carbocycles. The lowest BCUT2D eigenvalue weighted by molar-refractivity contribution is 0.0525. The average Bonchev–Trinajstić information content (AvgIpc) is 2.47. The van der Waals surface area contributed by atoms with Crippen LogP contribution in [0.3, 0.4) is 0 Å². The van der Waals surface area contributed by atoms with Crippen molar-refractivity contribution in [3.63, 3.8) is 0 Å². The van der Waals surface area contributed by atoms with Crippen LogP contribution in [0.4, 0.5) is 5.69 Å². The highest BCUT2D eigenvalue weighted by Crippen LogP contribution is 2.30. The summed E-state index contributed by atoms with van der Waals surface area (Å²) in [5.41, 5.74) is 2.21. The molecule has 1 aromatic carbocycles. The molecule has 2 atom stereocenters. The molecule has 0 bridgehead atoms. The van der Waals surface area contributed by atoms with Crippen molar-refractivity contribution in [2.75, 3.05) is 24.6 Å². The van der Waals surface area contributed by atoms with Crippen LogP contribution in [-0.4, -0.2) is 30.9 Å². The third-order valence-corrected chi connectivity index (χ3v) is 3.80. The van der Waals surface area contributed by atoms with E-state index < -0.39 is 0 Å².